The molecule has 1 heterocycles. The second kappa shape index (κ2) is 7.45. The summed E-state index contributed by atoms with van der Waals surface area (Å²) in [5, 5.41) is 6.76. The zero-order chi connectivity index (χ0) is 18.7. The molecular formula is C19H18N4O2S. The molecule has 3 rings (SSSR count). The van der Waals surface area contributed by atoms with Crippen molar-refractivity contribution < 1.29 is 9.59 Å². The quantitative estimate of drug-likeness (QED) is 0.424. The normalized spacial score (nSPS) is 11.0. The monoisotopic (exact) mass is 366 g/mol. The van der Waals surface area contributed by atoms with Crippen molar-refractivity contribution in [2.75, 3.05) is 5.32 Å². The molecule has 2 aromatic carbocycles. The van der Waals surface area contributed by atoms with Gasteiger partial charge in [-0.3, -0.25) is 14.9 Å². The van der Waals surface area contributed by atoms with E-state index in [1.54, 1.807) is 6.21 Å². The van der Waals surface area contributed by atoms with Gasteiger partial charge >= 0.3 is 11.8 Å². The van der Waals surface area contributed by atoms with Crippen LogP contribution in [0.25, 0.3) is 10.2 Å². The van der Waals surface area contributed by atoms with E-state index < -0.39 is 11.8 Å². The maximum atomic E-state index is 12.0. The van der Waals surface area contributed by atoms with E-state index in [1.807, 2.05) is 57.2 Å². The van der Waals surface area contributed by atoms with Gasteiger partial charge in [-0.05, 0) is 44.0 Å². The number of nitrogens with one attached hydrogen (secondary N) is 2. The van der Waals surface area contributed by atoms with Gasteiger partial charge in [-0.2, -0.15) is 5.10 Å². The minimum Gasteiger partial charge on any atom is -0.294 e. The van der Waals surface area contributed by atoms with Gasteiger partial charge in [0.2, 0.25) is 0 Å². The number of para-hydroxylation sites is 1. The van der Waals surface area contributed by atoms with Crippen molar-refractivity contribution in [1.29, 1.82) is 0 Å². The first kappa shape index (κ1) is 17.8. The summed E-state index contributed by atoms with van der Waals surface area (Å²) in [5.41, 5.74) is 7.22. The molecule has 0 bridgehead atoms. The lowest BCUT2D eigenvalue weighted by molar-refractivity contribution is -0.136. The number of aryl methyl sites for hydroxylation is 3. The van der Waals surface area contributed by atoms with Crippen molar-refractivity contribution in [1.82, 2.24) is 10.4 Å². The Labute approximate surface area is 155 Å². The predicted molar refractivity (Wildman–Crippen MR) is 105 cm³/mol. The van der Waals surface area contributed by atoms with Gasteiger partial charge in [-0.25, -0.2) is 10.4 Å². The molecule has 26 heavy (non-hydrogen) atoms. The second-order valence-corrected chi connectivity index (χ2v) is 6.98. The van der Waals surface area contributed by atoms with Crippen LogP contribution in [0.15, 0.2) is 41.5 Å². The van der Waals surface area contributed by atoms with Crippen LogP contribution in [0.3, 0.4) is 0 Å². The average molecular weight is 366 g/mol. The van der Waals surface area contributed by atoms with E-state index in [4.69, 9.17) is 0 Å². The molecule has 0 aliphatic carbocycles. The fraction of sp³-hybridized carbons (Fsp3) is 0.158. The Morgan fingerprint density at radius 3 is 2.46 bits per heavy atom. The molecule has 0 aliphatic heterocycles. The van der Waals surface area contributed by atoms with Gasteiger partial charge in [0.25, 0.3) is 0 Å². The molecule has 2 N–H and O–H groups in total. The summed E-state index contributed by atoms with van der Waals surface area (Å²) in [7, 11) is 0. The van der Waals surface area contributed by atoms with E-state index >= 15 is 0 Å². The maximum absolute atomic E-state index is 12.0. The summed E-state index contributed by atoms with van der Waals surface area (Å²) in [6.45, 7) is 5.97. The Balaban J connectivity index is 1.63. The first-order valence-electron chi connectivity index (χ1n) is 8.02. The molecule has 7 heteroatoms. The van der Waals surface area contributed by atoms with Crippen molar-refractivity contribution in [3.63, 3.8) is 0 Å². The number of benzene rings is 2. The molecule has 132 valence electrons. The van der Waals surface area contributed by atoms with E-state index in [-0.39, 0.29) is 0 Å². The number of nitrogens with zero attached hydrogens (tertiary/aromatic N) is 2. The molecule has 1 aromatic heterocycles. The molecule has 0 spiro atoms. The molecular weight excluding hydrogens is 348 g/mol. The van der Waals surface area contributed by atoms with Gasteiger partial charge < -0.3 is 0 Å². The van der Waals surface area contributed by atoms with Crippen LogP contribution in [0.1, 0.15) is 22.3 Å². The van der Waals surface area contributed by atoms with Crippen LogP contribution in [0.2, 0.25) is 0 Å². The maximum Gasteiger partial charge on any atom is 0.329 e. The molecule has 0 aliphatic rings. The van der Waals surface area contributed by atoms with E-state index in [0.29, 0.717) is 5.13 Å². The number of aromatic nitrogens is 1. The van der Waals surface area contributed by atoms with Gasteiger partial charge in [-0.15, -0.1) is 0 Å². The van der Waals surface area contributed by atoms with E-state index in [9.17, 15) is 9.59 Å². The van der Waals surface area contributed by atoms with E-state index in [0.717, 1.165) is 32.5 Å². The van der Waals surface area contributed by atoms with Crippen LogP contribution >= 0.6 is 11.3 Å². The van der Waals surface area contributed by atoms with Gasteiger partial charge in [0.15, 0.2) is 5.13 Å². The Hall–Kier alpha value is -3.06. The lowest BCUT2D eigenvalue weighted by Crippen LogP contribution is -2.32. The van der Waals surface area contributed by atoms with Crippen molar-refractivity contribution in [2.24, 2.45) is 5.10 Å². The number of hydrogen-bond acceptors (Lipinski definition) is 5. The first-order valence-corrected chi connectivity index (χ1v) is 8.83. The summed E-state index contributed by atoms with van der Waals surface area (Å²) >= 11 is 1.31. The number of rotatable bonds is 3. The van der Waals surface area contributed by atoms with E-state index in [1.165, 1.54) is 11.3 Å². The van der Waals surface area contributed by atoms with Crippen LogP contribution in [0, 0.1) is 20.8 Å². The van der Waals surface area contributed by atoms with Gasteiger partial charge in [0.05, 0.1) is 16.4 Å². The van der Waals surface area contributed by atoms with Crippen molar-refractivity contribution in [3.8, 4) is 0 Å². The summed E-state index contributed by atoms with van der Waals surface area (Å²) < 4.78 is 0.937. The van der Waals surface area contributed by atoms with Crippen molar-refractivity contribution in [3.05, 3.63) is 58.7 Å². The van der Waals surface area contributed by atoms with Crippen LogP contribution < -0.4 is 10.7 Å². The highest BCUT2D eigenvalue weighted by Gasteiger charge is 2.15. The van der Waals surface area contributed by atoms with Gasteiger partial charge in [0.1, 0.15) is 0 Å². The van der Waals surface area contributed by atoms with Gasteiger partial charge in [-0.1, -0.05) is 41.2 Å². The number of carbonyl (C=O) groups is 2. The first-order chi connectivity index (χ1) is 12.4. The molecule has 3 aromatic rings. The Morgan fingerprint density at radius 1 is 1.08 bits per heavy atom. The molecule has 0 saturated carbocycles. The summed E-state index contributed by atoms with van der Waals surface area (Å²) in [4.78, 5) is 28.2. The number of amides is 2. The number of anilines is 1. The fourth-order valence-corrected chi connectivity index (χ4v) is 3.54. The third-order valence-corrected chi connectivity index (χ3v) is 4.77. The Kier molecular flexibility index (Phi) is 5.09. The molecule has 0 saturated heterocycles. The van der Waals surface area contributed by atoms with Crippen LogP contribution in [0.5, 0.6) is 0 Å². The SMILES string of the molecule is Cc1cc(C)c(/C=N\NC(=O)C(=O)Nc2nc3ccccc3s2)c(C)c1. The minimum atomic E-state index is -0.845. The standard InChI is InChI=1S/C19H18N4O2S/c1-11-8-12(2)14(13(3)9-11)10-20-23-18(25)17(24)22-19-21-15-6-4-5-7-16(15)26-19/h4-10H,1-3H3,(H,23,25)(H,21,22,24)/b20-10-. The number of fused-ring (bicyclic) bond motifs is 1. The zero-order valence-corrected chi connectivity index (χ0v) is 15.5. The summed E-state index contributed by atoms with van der Waals surface area (Å²) in [6, 6.07) is 11.6. The predicted octanol–water partition coefficient (Wildman–Crippen LogP) is 3.31. The molecule has 0 fully saturated rings. The van der Waals surface area contributed by atoms with Crippen LogP contribution in [-0.2, 0) is 9.59 Å². The number of thiazole rings is 1. The molecule has 0 radical (unpaired) electrons. The average Bonchev–Trinajstić information content (AvgIpc) is 2.99. The second-order valence-electron chi connectivity index (χ2n) is 5.95. The lowest BCUT2D eigenvalue weighted by Gasteiger charge is -2.06. The van der Waals surface area contributed by atoms with Gasteiger partial charge in [0, 0.05) is 5.56 Å². The lowest BCUT2D eigenvalue weighted by atomic mass is 10.0. The Bertz CT molecular complexity index is 967. The third-order valence-electron chi connectivity index (χ3n) is 3.82. The highest BCUT2D eigenvalue weighted by Crippen LogP contribution is 2.25. The zero-order valence-electron chi connectivity index (χ0n) is 14.7. The summed E-state index contributed by atoms with van der Waals surface area (Å²) in [5.74, 6) is -1.65. The number of hydrazone groups is 1. The fourth-order valence-electron chi connectivity index (χ4n) is 2.68. The highest BCUT2D eigenvalue weighted by molar-refractivity contribution is 7.22. The molecule has 2 amide bonds. The molecule has 0 unspecified atom stereocenters. The topological polar surface area (TPSA) is 83.5 Å². The van der Waals surface area contributed by atoms with Crippen molar-refractivity contribution in [2.45, 2.75) is 20.8 Å². The van der Waals surface area contributed by atoms with Crippen LogP contribution in [0.4, 0.5) is 5.13 Å². The molecule has 0 atom stereocenters. The summed E-state index contributed by atoms with van der Waals surface area (Å²) in [6.07, 6.45) is 1.55. The highest BCUT2D eigenvalue weighted by atomic mass is 32.1. The van der Waals surface area contributed by atoms with Crippen LogP contribution in [-0.4, -0.2) is 23.0 Å². The smallest absolute Gasteiger partial charge is 0.294 e. The minimum absolute atomic E-state index is 0.376. The number of hydrogen-bond donors (Lipinski definition) is 2. The van der Waals surface area contributed by atoms with E-state index in [2.05, 4.69) is 20.8 Å². The van der Waals surface area contributed by atoms with Crippen molar-refractivity contribution >= 4 is 44.7 Å². The molecule has 6 nitrogen and oxygen atoms in total. The largest absolute Gasteiger partial charge is 0.329 e. The Morgan fingerprint density at radius 2 is 1.77 bits per heavy atom. The third kappa shape index (κ3) is 3.94. The number of carbonyl (C=O) groups excluding carboxylic acids is 2.